The smallest absolute Gasteiger partial charge is 0.238 e. The van der Waals surface area contributed by atoms with Crippen molar-refractivity contribution < 1.29 is 13.9 Å². The van der Waals surface area contributed by atoms with Gasteiger partial charge in [0.15, 0.2) is 0 Å². The second-order valence-electron chi connectivity index (χ2n) is 6.20. The summed E-state index contributed by atoms with van der Waals surface area (Å²) < 4.78 is 11.0. The van der Waals surface area contributed by atoms with Crippen LogP contribution in [0.25, 0.3) is 0 Å². The average molecular weight is 294 g/mol. The highest BCUT2D eigenvalue weighted by molar-refractivity contribution is 5.82. The van der Waals surface area contributed by atoms with Gasteiger partial charge in [0.1, 0.15) is 5.76 Å². The van der Waals surface area contributed by atoms with Crippen molar-refractivity contribution in [3.63, 3.8) is 0 Å². The summed E-state index contributed by atoms with van der Waals surface area (Å²) in [4.78, 5) is 14.8. The van der Waals surface area contributed by atoms with Gasteiger partial charge in [-0.2, -0.15) is 0 Å². The van der Waals surface area contributed by atoms with Crippen LogP contribution in [0.3, 0.4) is 0 Å². The molecule has 1 N–H and O–H groups in total. The normalized spacial score (nSPS) is 25.0. The molecule has 1 aliphatic heterocycles. The van der Waals surface area contributed by atoms with E-state index in [1.54, 1.807) is 6.26 Å². The molecule has 1 saturated heterocycles. The Morgan fingerprint density at radius 1 is 1.38 bits per heavy atom. The fourth-order valence-electron chi connectivity index (χ4n) is 3.03. The lowest BCUT2D eigenvalue weighted by Crippen LogP contribution is -2.56. The highest BCUT2D eigenvalue weighted by Gasteiger charge is 2.33. The second-order valence-corrected chi connectivity index (χ2v) is 6.20. The number of nitrogens with zero attached hydrogens (tertiary/aromatic N) is 1. The molecule has 118 valence electrons. The Labute approximate surface area is 126 Å². The highest BCUT2D eigenvalue weighted by atomic mass is 16.5. The van der Waals surface area contributed by atoms with E-state index in [1.807, 2.05) is 12.1 Å². The molecule has 1 aliphatic rings. The molecule has 3 unspecified atom stereocenters. The Kier molecular flexibility index (Phi) is 5.42. The number of amides is 1. The predicted octanol–water partition coefficient (Wildman–Crippen LogP) is 2.03. The van der Waals surface area contributed by atoms with Gasteiger partial charge in [0.25, 0.3) is 0 Å². The molecule has 5 heteroatoms. The van der Waals surface area contributed by atoms with Crippen molar-refractivity contribution in [3.05, 3.63) is 24.2 Å². The first-order valence-electron chi connectivity index (χ1n) is 7.67. The highest BCUT2D eigenvalue weighted by Crippen LogP contribution is 2.18. The number of nitrogens with one attached hydrogen (secondary N) is 1. The quantitative estimate of drug-likeness (QED) is 0.903. The van der Waals surface area contributed by atoms with Gasteiger partial charge in [-0.3, -0.25) is 9.69 Å². The van der Waals surface area contributed by atoms with Crippen LogP contribution < -0.4 is 5.32 Å². The molecule has 2 heterocycles. The van der Waals surface area contributed by atoms with E-state index in [2.05, 4.69) is 37.9 Å². The first kappa shape index (κ1) is 16.0. The molecule has 1 aromatic rings. The molecule has 3 atom stereocenters. The molecule has 0 radical (unpaired) electrons. The summed E-state index contributed by atoms with van der Waals surface area (Å²) in [5.74, 6) is 1.08. The predicted molar refractivity (Wildman–Crippen MR) is 80.8 cm³/mol. The minimum atomic E-state index is -0.131. The average Bonchev–Trinajstić information content (AvgIpc) is 2.87. The van der Waals surface area contributed by atoms with Gasteiger partial charge in [-0.15, -0.1) is 0 Å². The van der Waals surface area contributed by atoms with Gasteiger partial charge in [-0.25, -0.2) is 0 Å². The molecule has 0 aromatic carbocycles. The molecule has 0 aliphatic carbocycles. The molecule has 2 rings (SSSR count). The third-order valence-corrected chi connectivity index (χ3v) is 3.76. The fourth-order valence-corrected chi connectivity index (χ4v) is 3.03. The van der Waals surface area contributed by atoms with Crippen molar-refractivity contribution >= 4 is 5.91 Å². The number of hydrogen-bond acceptors (Lipinski definition) is 4. The number of ether oxygens (including phenoxy) is 1. The maximum atomic E-state index is 12.6. The lowest BCUT2D eigenvalue weighted by atomic mass is 9.99. The number of carbonyl (C=O) groups excluding carboxylic acids is 1. The molecule has 21 heavy (non-hydrogen) atoms. The van der Waals surface area contributed by atoms with Gasteiger partial charge in [0.2, 0.25) is 5.91 Å². The van der Waals surface area contributed by atoms with Gasteiger partial charge < -0.3 is 14.5 Å². The molecular formula is C16H26N2O3. The summed E-state index contributed by atoms with van der Waals surface area (Å²) in [6.07, 6.45) is 1.94. The van der Waals surface area contributed by atoms with E-state index in [4.69, 9.17) is 9.15 Å². The van der Waals surface area contributed by atoms with E-state index in [0.29, 0.717) is 6.54 Å². The number of furan rings is 1. The van der Waals surface area contributed by atoms with Gasteiger partial charge in [0, 0.05) is 13.1 Å². The maximum Gasteiger partial charge on any atom is 0.238 e. The largest absolute Gasteiger partial charge is 0.467 e. The first-order valence-corrected chi connectivity index (χ1v) is 7.67. The molecule has 1 fully saturated rings. The number of morpholine rings is 1. The van der Waals surface area contributed by atoms with Crippen LogP contribution in [0, 0.1) is 5.92 Å². The van der Waals surface area contributed by atoms with E-state index in [9.17, 15) is 4.79 Å². The standard InChI is InChI=1S/C16H26N2O3/c1-11(2)15(18-9-12(3)21-13(4)10-18)16(19)17-8-14-6-5-7-20-14/h5-7,11-13,15H,8-10H2,1-4H3,(H,17,19). The number of hydrogen-bond donors (Lipinski definition) is 1. The summed E-state index contributed by atoms with van der Waals surface area (Å²) in [7, 11) is 0. The molecule has 1 aromatic heterocycles. The van der Waals surface area contributed by atoms with Crippen LogP contribution in [0.4, 0.5) is 0 Å². The van der Waals surface area contributed by atoms with Gasteiger partial charge in [-0.1, -0.05) is 13.8 Å². The second kappa shape index (κ2) is 7.09. The third-order valence-electron chi connectivity index (χ3n) is 3.76. The molecule has 1 amide bonds. The summed E-state index contributed by atoms with van der Waals surface area (Å²) >= 11 is 0. The maximum absolute atomic E-state index is 12.6. The van der Waals surface area contributed by atoms with E-state index >= 15 is 0 Å². The van der Waals surface area contributed by atoms with Crippen LogP contribution in [0.5, 0.6) is 0 Å². The summed E-state index contributed by atoms with van der Waals surface area (Å²) in [6.45, 7) is 10.3. The number of carbonyl (C=O) groups is 1. The minimum Gasteiger partial charge on any atom is -0.467 e. The van der Waals surface area contributed by atoms with Crippen LogP contribution in [0.1, 0.15) is 33.5 Å². The van der Waals surface area contributed by atoms with Crippen LogP contribution in [-0.4, -0.2) is 42.1 Å². The lowest BCUT2D eigenvalue weighted by Gasteiger charge is -2.40. The monoisotopic (exact) mass is 294 g/mol. The van der Waals surface area contributed by atoms with Crippen molar-refractivity contribution in [3.8, 4) is 0 Å². The van der Waals surface area contributed by atoms with Crippen molar-refractivity contribution in [2.45, 2.75) is 52.5 Å². The minimum absolute atomic E-state index is 0.0581. The van der Waals surface area contributed by atoms with E-state index < -0.39 is 0 Å². The Balaban J connectivity index is 1.98. The molecule has 5 nitrogen and oxygen atoms in total. The van der Waals surface area contributed by atoms with Gasteiger partial charge in [-0.05, 0) is 31.9 Å². The molecule has 0 saturated carbocycles. The summed E-state index contributed by atoms with van der Waals surface area (Å²) in [6, 6.07) is 3.56. The number of rotatable bonds is 5. The lowest BCUT2D eigenvalue weighted by molar-refractivity contribution is -0.135. The SMILES string of the molecule is CC1CN(C(C(=O)NCc2ccco2)C(C)C)CC(C)O1. The third kappa shape index (κ3) is 4.32. The van der Waals surface area contributed by atoms with Crippen LogP contribution in [0.2, 0.25) is 0 Å². The van der Waals surface area contributed by atoms with Crippen LogP contribution in [-0.2, 0) is 16.1 Å². The zero-order chi connectivity index (χ0) is 15.4. The van der Waals surface area contributed by atoms with Gasteiger partial charge in [0.05, 0.1) is 31.1 Å². The topological polar surface area (TPSA) is 54.7 Å². The summed E-state index contributed by atoms with van der Waals surface area (Å²) in [5, 5.41) is 2.98. The summed E-state index contributed by atoms with van der Waals surface area (Å²) in [5.41, 5.74) is 0. The van der Waals surface area contributed by atoms with Gasteiger partial charge >= 0.3 is 0 Å². The Hall–Kier alpha value is -1.33. The zero-order valence-corrected chi connectivity index (χ0v) is 13.3. The van der Waals surface area contributed by atoms with Crippen molar-refractivity contribution in [2.24, 2.45) is 5.92 Å². The zero-order valence-electron chi connectivity index (χ0n) is 13.3. The fraction of sp³-hybridized carbons (Fsp3) is 0.688. The van der Waals surface area contributed by atoms with Crippen LogP contribution >= 0.6 is 0 Å². The Morgan fingerprint density at radius 2 is 2.05 bits per heavy atom. The Bertz CT molecular complexity index is 434. The Morgan fingerprint density at radius 3 is 2.57 bits per heavy atom. The van der Waals surface area contributed by atoms with E-state index in [0.717, 1.165) is 18.8 Å². The van der Waals surface area contributed by atoms with E-state index in [1.165, 1.54) is 0 Å². The van der Waals surface area contributed by atoms with Crippen molar-refractivity contribution in [2.75, 3.05) is 13.1 Å². The molecular weight excluding hydrogens is 268 g/mol. The van der Waals surface area contributed by atoms with E-state index in [-0.39, 0.29) is 30.1 Å². The molecule has 0 spiro atoms. The van der Waals surface area contributed by atoms with Crippen molar-refractivity contribution in [1.29, 1.82) is 0 Å². The molecule has 0 bridgehead atoms. The van der Waals surface area contributed by atoms with Crippen LogP contribution in [0.15, 0.2) is 22.8 Å². The first-order chi connectivity index (χ1) is 9.97. The van der Waals surface area contributed by atoms with Crippen molar-refractivity contribution in [1.82, 2.24) is 10.2 Å².